The van der Waals surface area contributed by atoms with Gasteiger partial charge in [-0.3, -0.25) is 9.59 Å². The third-order valence-corrected chi connectivity index (χ3v) is 5.37. The van der Waals surface area contributed by atoms with Crippen LogP contribution in [0.4, 0.5) is 9.52 Å². The molecule has 1 heterocycles. The quantitative estimate of drug-likeness (QED) is 0.594. The van der Waals surface area contributed by atoms with Crippen LogP contribution in [0.15, 0.2) is 48.7 Å². The third kappa shape index (κ3) is 5.28. The maximum atomic E-state index is 13.7. The van der Waals surface area contributed by atoms with Crippen LogP contribution in [0, 0.1) is 5.82 Å². The van der Waals surface area contributed by atoms with E-state index in [1.54, 1.807) is 24.4 Å². The van der Waals surface area contributed by atoms with Crippen LogP contribution >= 0.6 is 34.5 Å². The molecule has 0 aliphatic carbocycles. The summed E-state index contributed by atoms with van der Waals surface area (Å²) in [7, 11) is 0. The molecule has 0 unspecified atom stereocenters. The molecule has 0 bridgehead atoms. The van der Waals surface area contributed by atoms with Gasteiger partial charge in [-0.25, -0.2) is 9.37 Å². The highest BCUT2D eigenvalue weighted by Gasteiger charge is 2.12. The molecule has 0 fully saturated rings. The average molecular weight is 438 g/mol. The number of carbonyl (C=O) groups excluding carboxylic acids is 2. The van der Waals surface area contributed by atoms with E-state index in [2.05, 4.69) is 15.6 Å². The van der Waals surface area contributed by atoms with Crippen LogP contribution in [0.1, 0.15) is 20.8 Å². The van der Waals surface area contributed by atoms with E-state index in [0.717, 1.165) is 4.88 Å². The van der Waals surface area contributed by atoms with E-state index in [4.69, 9.17) is 23.2 Å². The summed E-state index contributed by atoms with van der Waals surface area (Å²) in [5, 5.41) is 6.06. The second-order valence-corrected chi connectivity index (χ2v) is 7.69. The number of aromatic nitrogens is 1. The van der Waals surface area contributed by atoms with Crippen molar-refractivity contribution < 1.29 is 14.0 Å². The molecule has 3 aromatic rings. The molecule has 2 amide bonds. The summed E-state index contributed by atoms with van der Waals surface area (Å²) < 4.78 is 13.7. The van der Waals surface area contributed by atoms with Gasteiger partial charge >= 0.3 is 0 Å². The standard InChI is InChI=1S/C19H14Cl2FN3O2S/c20-14-6-5-12(8-15(14)21)18(27)23-10-17(26)25-19-24-9-13(28-19)7-11-3-1-2-4-16(11)22/h1-6,8-9H,7,10H2,(H,23,27)(H,24,25,26). The summed E-state index contributed by atoms with van der Waals surface area (Å²) in [5.74, 6) is -1.17. The molecule has 28 heavy (non-hydrogen) atoms. The lowest BCUT2D eigenvalue weighted by atomic mass is 10.1. The summed E-state index contributed by atoms with van der Waals surface area (Å²) in [5.41, 5.74) is 0.849. The fraction of sp³-hybridized carbons (Fsp3) is 0.105. The summed E-state index contributed by atoms with van der Waals surface area (Å²) >= 11 is 12.9. The summed E-state index contributed by atoms with van der Waals surface area (Å²) in [6.07, 6.45) is 1.97. The number of benzene rings is 2. The smallest absolute Gasteiger partial charge is 0.251 e. The highest BCUT2D eigenvalue weighted by Crippen LogP contribution is 2.23. The topological polar surface area (TPSA) is 71.1 Å². The third-order valence-electron chi connectivity index (χ3n) is 3.71. The van der Waals surface area contributed by atoms with Gasteiger partial charge in [-0.2, -0.15) is 0 Å². The van der Waals surface area contributed by atoms with Crippen LogP contribution in [-0.4, -0.2) is 23.3 Å². The number of nitrogens with zero attached hydrogens (tertiary/aromatic N) is 1. The Bertz CT molecular complexity index is 1030. The minimum atomic E-state index is -0.451. The van der Waals surface area contributed by atoms with Gasteiger partial charge in [-0.15, -0.1) is 11.3 Å². The van der Waals surface area contributed by atoms with Gasteiger partial charge in [-0.1, -0.05) is 41.4 Å². The Morgan fingerprint density at radius 2 is 1.89 bits per heavy atom. The minimum absolute atomic E-state index is 0.235. The van der Waals surface area contributed by atoms with E-state index in [0.29, 0.717) is 27.7 Å². The predicted molar refractivity (Wildman–Crippen MR) is 109 cm³/mol. The van der Waals surface area contributed by atoms with Gasteiger partial charge in [0.15, 0.2) is 5.13 Å². The normalized spacial score (nSPS) is 10.5. The molecule has 0 saturated heterocycles. The molecule has 144 valence electrons. The Morgan fingerprint density at radius 1 is 1.11 bits per heavy atom. The first-order chi connectivity index (χ1) is 13.4. The van der Waals surface area contributed by atoms with Crippen molar-refractivity contribution in [2.24, 2.45) is 0 Å². The molecule has 2 aromatic carbocycles. The second kappa shape index (κ2) is 9.14. The number of amides is 2. The second-order valence-electron chi connectivity index (χ2n) is 5.76. The van der Waals surface area contributed by atoms with Crippen LogP contribution in [0.5, 0.6) is 0 Å². The molecule has 2 N–H and O–H groups in total. The van der Waals surface area contributed by atoms with Crippen LogP contribution < -0.4 is 10.6 Å². The van der Waals surface area contributed by atoms with Gasteiger partial charge in [-0.05, 0) is 29.8 Å². The molecule has 0 atom stereocenters. The monoisotopic (exact) mass is 437 g/mol. The molecule has 1 aromatic heterocycles. The first-order valence-corrected chi connectivity index (χ1v) is 9.71. The number of thiazole rings is 1. The molecular formula is C19H14Cl2FN3O2S. The van der Waals surface area contributed by atoms with Gasteiger partial charge in [0, 0.05) is 23.1 Å². The van der Waals surface area contributed by atoms with E-state index in [1.807, 2.05) is 0 Å². The molecule has 0 spiro atoms. The van der Waals surface area contributed by atoms with Crippen molar-refractivity contribution in [3.8, 4) is 0 Å². The van der Waals surface area contributed by atoms with Crippen LogP contribution in [0.3, 0.4) is 0 Å². The van der Waals surface area contributed by atoms with Crippen molar-refractivity contribution in [1.29, 1.82) is 0 Å². The van der Waals surface area contributed by atoms with E-state index < -0.39 is 11.8 Å². The zero-order valence-corrected chi connectivity index (χ0v) is 16.7. The van der Waals surface area contributed by atoms with Gasteiger partial charge in [0.2, 0.25) is 5.91 Å². The van der Waals surface area contributed by atoms with Crippen molar-refractivity contribution in [2.75, 3.05) is 11.9 Å². The molecular weight excluding hydrogens is 424 g/mol. The number of rotatable bonds is 6. The SMILES string of the molecule is O=C(CNC(=O)c1ccc(Cl)c(Cl)c1)Nc1ncc(Cc2ccccc2F)s1. The highest BCUT2D eigenvalue weighted by atomic mass is 35.5. The van der Waals surface area contributed by atoms with E-state index >= 15 is 0 Å². The summed E-state index contributed by atoms with van der Waals surface area (Å²) in [4.78, 5) is 29.0. The van der Waals surface area contributed by atoms with Crippen LogP contribution in [0.25, 0.3) is 0 Å². The number of nitrogens with one attached hydrogen (secondary N) is 2. The van der Waals surface area contributed by atoms with Gasteiger partial charge < -0.3 is 10.6 Å². The Morgan fingerprint density at radius 3 is 2.64 bits per heavy atom. The first-order valence-electron chi connectivity index (χ1n) is 8.13. The molecule has 0 aliphatic rings. The lowest BCUT2D eigenvalue weighted by Gasteiger charge is -2.06. The largest absolute Gasteiger partial charge is 0.343 e. The zero-order chi connectivity index (χ0) is 20.1. The Hall–Kier alpha value is -2.48. The van der Waals surface area contributed by atoms with E-state index in [9.17, 15) is 14.0 Å². The van der Waals surface area contributed by atoms with Crippen molar-refractivity contribution in [3.63, 3.8) is 0 Å². The lowest BCUT2D eigenvalue weighted by Crippen LogP contribution is -2.32. The van der Waals surface area contributed by atoms with E-state index in [-0.39, 0.29) is 17.4 Å². The summed E-state index contributed by atoms with van der Waals surface area (Å²) in [6.45, 7) is -0.235. The van der Waals surface area contributed by atoms with E-state index in [1.165, 1.54) is 35.6 Å². The average Bonchev–Trinajstić information content (AvgIpc) is 3.10. The minimum Gasteiger partial charge on any atom is -0.343 e. The van der Waals surface area contributed by atoms with Crippen molar-refractivity contribution in [1.82, 2.24) is 10.3 Å². The fourth-order valence-electron chi connectivity index (χ4n) is 2.34. The number of carbonyl (C=O) groups is 2. The number of halogens is 3. The Balaban J connectivity index is 1.52. The van der Waals surface area contributed by atoms with Gasteiger partial charge in [0.25, 0.3) is 5.91 Å². The molecule has 0 radical (unpaired) electrons. The predicted octanol–water partition coefficient (Wildman–Crippen LogP) is 4.55. The van der Waals surface area contributed by atoms with Crippen molar-refractivity contribution in [2.45, 2.75) is 6.42 Å². The van der Waals surface area contributed by atoms with Crippen molar-refractivity contribution >= 4 is 51.5 Å². The molecule has 0 aliphatic heterocycles. The van der Waals surface area contributed by atoms with Gasteiger partial charge in [0.1, 0.15) is 5.82 Å². The number of hydrogen-bond donors (Lipinski definition) is 2. The molecule has 5 nitrogen and oxygen atoms in total. The molecule has 3 rings (SSSR count). The van der Waals surface area contributed by atoms with Crippen LogP contribution in [-0.2, 0) is 11.2 Å². The first kappa shape index (κ1) is 20.3. The summed E-state index contributed by atoms with van der Waals surface area (Å²) in [6, 6.07) is 10.9. The maximum absolute atomic E-state index is 13.7. The molecule has 0 saturated carbocycles. The zero-order valence-electron chi connectivity index (χ0n) is 14.3. The fourth-order valence-corrected chi connectivity index (χ4v) is 3.49. The Labute approximate surface area is 174 Å². The van der Waals surface area contributed by atoms with Crippen LogP contribution in [0.2, 0.25) is 10.0 Å². The molecule has 9 heteroatoms. The van der Waals surface area contributed by atoms with Crippen molar-refractivity contribution in [3.05, 3.63) is 80.5 Å². The maximum Gasteiger partial charge on any atom is 0.251 e. The number of anilines is 1. The lowest BCUT2D eigenvalue weighted by molar-refractivity contribution is -0.115. The van der Waals surface area contributed by atoms with Gasteiger partial charge in [0.05, 0.1) is 16.6 Å². The Kier molecular flexibility index (Phi) is 6.61. The number of hydrogen-bond acceptors (Lipinski definition) is 4. The highest BCUT2D eigenvalue weighted by molar-refractivity contribution is 7.15.